The molecule has 1 aliphatic carbocycles. The van der Waals surface area contributed by atoms with Crippen LogP contribution < -0.4 is 9.47 Å². The van der Waals surface area contributed by atoms with Crippen LogP contribution in [-0.2, 0) is 17.6 Å². The van der Waals surface area contributed by atoms with E-state index in [4.69, 9.17) is 14.2 Å². The van der Waals surface area contributed by atoms with E-state index in [1.54, 1.807) is 25.1 Å². The first kappa shape index (κ1) is 22.0. The molecular weight excluding hydrogens is 405 g/mol. The molecule has 31 heavy (non-hydrogen) atoms. The van der Waals surface area contributed by atoms with E-state index in [0.717, 1.165) is 38.7 Å². The van der Waals surface area contributed by atoms with E-state index in [0.29, 0.717) is 41.7 Å². The zero-order chi connectivity index (χ0) is 22.0. The van der Waals surface area contributed by atoms with Crippen LogP contribution in [-0.4, -0.2) is 19.3 Å². The van der Waals surface area contributed by atoms with Crippen LogP contribution in [0.1, 0.15) is 62.6 Å². The lowest BCUT2D eigenvalue weighted by Crippen LogP contribution is -2.22. The van der Waals surface area contributed by atoms with Gasteiger partial charge in [0.05, 0.1) is 12.7 Å². The van der Waals surface area contributed by atoms with E-state index in [-0.39, 0.29) is 23.7 Å². The van der Waals surface area contributed by atoms with Crippen molar-refractivity contribution in [3.63, 3.8) is 0 Å². The first-order valence-electron chi connectivity index (χ1n) is 11.2. The summed E-state index contributed by atoms with van der Waals surface area (Å²) in [5, 5.41) is 0. The van der Waals surface area contributed by atoms with Crippen molar-refractivity contribution in [1.29, 1.82) is 0 Å². The molecule has 2 aromatic carbocycles. The van der Waals surface area contributed by atoms with Gasteiger partial charge in [0.1, 0.15) is 0 Å². The lowest BCUT2D eigenvalue weighted by atomic mass is 9.83. The van der Waals surface area contributed by atoms with Gasteiger partial charge in [-0.3, -0.25) is 0 Å². The molecular formula is C25H29F3O3. The molecule has 1 fully saturated rings. The van der Waals surface area contributed by atoms with Gasteiger partial charge in [0.2, 0.25) is 11.6 Å². The topological polar surface area (TPSA) is 27.7 Å². The average Bonchev–Trinajstić information content (AvgIpc) is 2.78. The number of rotatable bonds is 7. The molecule has 2 aliphatic rings. The Bertz CT molecular complexity index is 936. The second-order valence-electron chi connectivity index (χ2n) is 8.37. The summed E-state index contributed by atoms with van der Waals surface area (Å²) in [6, 6.07) is 4.94. The van der Waals surface area contributed by atoms with Gasteiger partial charge in [0, 0.05) is 24.2 Å². The van der Waals surface area contributed by atoms with Gasteiger partial charge in [-0.1, -0.05) is 6.07 Å². The molecule has 1 heterocycles. The maximum Gasteiger partial charge on any atom is 0.207 e. The number of hydrogen-bond acceptors (Lipinski definition) is 3. The second-order valence-corrected chi connectivity index (χ2v) is 8.37. The van der Waals surface area contributed by atoms with Crippen LogP contribution in [0, 0.1) is 23.4 Å². The predicted octanol–water partition coefficient (Wildman–Crippen LogP) is 6.73. The standard InChI is InChI=1S/C25H29F3O3/c1-3-29-19-10-6-15(7-11-19)5-8-16-13-18-14-17-9-12-20(30-4-2)22(27)24(17)31-25(18)23(28)21(16)26/h9,12-13,15,19H,3-8,10-11,14H2,1-2H3. The molecule has 0 N–H and O–H groups in total. The lowest BCUT2D eigenvalue weighted by molar-refractivity contribution is 0.0248. The van der Waals surface area contributed by atoms with Crippen LogP contribution >= 0.6 is 0 Å². The fourth-order valence-electron chi connectivity index (χ4n) is 4.73. The summed E-state index contributed by atoms with van der Waals surface area (Å²) in [4.78, 5) is 0. The summed E-state index contributed by atoms with van der Waals surface area (Å²) in [5.74, 6) is -2.39. The van der Waals surface area contributed by atoms with Crippen molar-refractivity contribution in [3.8, 4) is 17.2 Å². The van der Waals surface area contributed by atoms with Gasteiger partial charge in [0.25, 0.3) is 0 Å². The molecule has 0 spiro atoms. The van der Waals surface area contributed by atoms with Gasteiger partial charge in [-0.15, -0.1) is 0 Å². The molecule has 0 atom stereocenters. The summed E-state index contributed by atoms with van der Waals surface area (Å²) in [6.45, 7) is 4.78. The van der Waals surface area contributed by atoms with E-state index in [1.165, 1.54) is 0 Å². The highest BCUT2D eigenvalue weighted by Gasteiger charge is 2.29. The Morgan fingerprint density at radius 1 is 0.903 bits per heavy atom. The molecule has 0 saturated heterocycles. The summed E-state index contributed by atoms with van der Waals surface area (Å²) >= 11 is 0. The van der Waals surface area contributed by atoms with Crippen LogP contribution in [0.4, 0.5) is 13.2 Å². The highest BCUT2D eigenvalue weighted by atomic mass is 19.2. The molecule has 168 valence electrons. The fourth-order valence-corrected chi connectivity index (χ4v) is 4.73. The third-order valence-corrected chi connectivity index (χ3v) is 6.36. The minimum atomic E-state index is -1.04. The lowest BCUT2D eigenvalue weighted by Gasteiger charge is -2.28. The zero-order valence-electron chi connectivity index (χ0n) is 18.1. The number of hydrogen-bond donors (Lipinski definition) is 0. The molecule has 0 aromatic heterocycles. The summed E-state index contributed by atoms with van der Waals surface area (Å²) in [5.41, 5.74) is 1.51. The predicted molar refractivity (Wildman–Crippen MR) is 113 cm³/mol. The third-order valence-electron chi connectivity index (χ3n) is 6.36. The molecule has 1 aliphatic heterocycles. The number of aryl methyl sites for hydroxylation is 1. The van der Waals surface area contributed by atoms with E-state index >= 15 is 0 Å². The van der Waals surface area contributed by atoms with Gasteiger partial charge in [-0.05, 0) is 76.0 Å². The van der Waals surface area contributed by atoms with Crippen molar-refractivity contribution in [2.45, 2.75) is 64.9 Å². The van der Waals surface area contributed by atoms with Crippen LogP contribution in [0.25, 0.3) is 0 Å². The minimum absolute atomic E-state index is 0.0428. The van der Waals surface area contributed by atoms with Crippen LogP contribution in [0.2, 0.25) is 0 Å². The summed E-state index contributed by atoms with van der Waals surface area (Å²) < 4.78 is 60.8. The van der Waals surface area contributed by atoms with Crippen molar-refractivity contribution in [2.75, 3.05) is 13.2 Å². The second kappa shape index (κ2) is 9.51. The van der Waals surface area contributed by atoms with E-state index in [1.807, 2.05) is 6.92 Å². The fraction of sp³-hybridized carbons (Fsp3) is 0.520. The third kappa shape index (κ3) is 4.54. The number of ether oxygens (including phenoxy) is 3. The molecule has 4 rings (SSSR count). The molecule has 0 amide bonds. The Morgan fingerprint density at radius 3 is 2.35 bits per heavy atom. The normalized spacial score (nSPS) is 20.0. The Hall–Kier alpha value is -2.21. The van der Waals surface area contributed by atoms with Crippen molar-refractivity contribution >= 4 is 0 Å². The van der Waals surface area contributed by atoms with E-state index in [2.05, 4.69) is 0 Å². The molecule has 1 saturated carbocycles. The molecule has 0 unspecified atom stereocenters. The monoisotopic (exact) mass is 434 g/mol. The molecule has 2 aromatic rings. The van der Waals surface area contributed by atoms with E-state index in [9.17, 15) is 13.2 Å². The van der Waals surface area contributed by atoms with Gasteiger partial charge in [0.15, 0.2) is 23.1 Å². The van der Waals surface area contributed by atoms with Gasteiger partial charge >= 0.3 is 0 Å². The maximum absolute atomic E-state index is 14.8. The first-order valence-corrected chi connectivity index (χ1v) is 11.2. The Morgan fingerprint density at radius 2 is 1.65 bits per heavy atom. The number of benzene rings is 2. The number of fused-ring (bicyclic) bond motifs is 2. The van der Waals surface area contributed by atoms with Gasteiger partial charge in [-0.2, -0.15) is 8.78 Å². The summed E-state index contributed by atoms with van der Waals surface area (Å²) in [7, 11) is 0. The molecule has 0 bridgehead atoms. The molecule has 0 radical (unpaired) electrons. The van der Waals surface area contributed by atoms with Crippen molar-refractivity contribution in [1.82, 2.24) is 0 Å². The Kier molecular flexibility index (Phi) is 6.75. The minimum Gasteiger partial charge on any atom is -0.491 e. The van der Waals surface area contributed by atoms with Crippen LogP contribution in [0.5, 0.6) is 17.2 Å². The zero-order valence-corrected chi connectivity index (χ0v) is 18.1. The highest BCUT2D eigenvalue weighted by molar-refractivity contribution is 5.54. The van der Waals surface area contributed by atoms with Crippen molar-refractivity contribution in [3.05, 3.63) is 52.3 Å². The van der Waals surface area contributed by atoms with Crippen LogP contribution in [0.3, 0.4) is 0 Å². The highest BCUT2D eigenvalue weighted by Crippen LogP contribution is 2.43. The molecule has 6 heteroatoms. The van der Waals surface area contributed by atoms with Crippen molar-refractivity contribution in [2.24, 2.45) is 5.92 Å². The maximum atomic E-state index is 14.8. The quantitative estimate of drug-likeness (QED) is 0.413. The Labute approximate surface area is 181 Å². The van der Waals surface area contributed by atoms with Gasteiger partial charge < -0.3 is 14.2 Å². The summed E-state index contributed by atoms with van der Waals surface area (Å²) in [6.07, 6.45) is 6.08. The van der Waals surface area contributed by atoms with E-state index < -0.39 is 17.5 Å². The first-order chi connectivity index (χ1) is 15.0. The Balaban J connectivity index is 1.49. The largest absolute Gasteiger partial charge is 0.491 e. The molecule has 3 nitrogen and oxygen atoms in total. The van der Waals surface area contributed by atoms with Crippen LogP contribution in [0.15, 0.2) is 18.2 Å². The average molecular weight is 434 g/mol. The van der Waals surface area contributed by atoms with Gasteiger partial charge in [-0.25, -0.2) is 4.39 Å². The van der Waals surface area contributed by atoms with Crippen molar-refractivity contribution < 1.29 is 27.4 Å². The SMILES string of the molecule is CCOc1ccc2c(c1F)Oc1c(cc(CCC3CCC(OCC)CC3)c(F)c1F)C2. The number of halogens is 3. The smallest absolute Gasteiger partial charge is 0.207 e.